The second-order valence-corrected chi connectivity index (χ2v) is 8.02. The van der Waals surface area contributed by atoms with Gasteiger partial charge in [0.2, 0.25) is 0 Å². The predicted octanol–water partition coefficient (Wildman–Crippen LogP) is 4.99. The molecule has 0 saturated heterocycles. The fourth-order valence-electron chi connectivity index (χ4n) is 3.25. The standard InChI is InChI=1S/C22H32N2O/c1-21(2,15-13-17-9-5-7-11-19(17)23)25-22(3,4)16-14-18-10-6-8-12-20(18)24/h5-12H,13-16,23-24H2,1-4H3. The zero-order valence-electron chi connectivity index (χ0n) is 16.0. The molecule has 0 aliphatic carbocycles. The molecule has 3 nitrogen and oxygen atoms in total. The van der Waals surface area contributed by atoms with Crippen molar-refractivity contribution in [1.82, 2.24) is 0 Å². The first-order valence-corrected chi connectivity index (χ1v) is 9.05. The second kappa shape index (κ2) is 7.92. The molecule has 0 bridgehead atoms. The maximum Gasteiger partial charge on any atom is 0.0637 e. The first-order chi connectivity index (χ1) is 11.7. The molecule has 2 rings (SSSR count). The third-order valence-corrected chi connectivity index (χ3v) is 4.66. The van der Waals surface area contributed by atoms with Gasteiger partial charge in [-0.3, -0.25) is 0 Å². The van der Waals surface area contributed by atoms with E-state index in [1.54, 1.807) is 0 Å². The van der Waals surface area contributed by atoms with Crippen LogP contribution in [-0.2, 0) is 17.6 Å². The number of benzene rings is 2. The lowest BCUT2D eigenvalue weighted by atomic mass is 9.93. The zero-order chi connectivity index (χ0) is 18.5. The molecule has 0 saturated carbocycles. The van der Waals surface area contributed by atoms with Crippen molar-refractivity contribution in [2.45, 2.75) is 64.6 Å². The van der Waals surface area contributed by atoms with Crippen LogP contribution in [0.1, 0.15) is 51.7 Å². The van der Waals surface area contributed by atoms with Crippen molar-refractivity contribution in [3.05, 3.63) is 59.7 Å². The lowest BCUT2D eigenvalue weighted by Gasteiger charge is -2.36. The average Bonchev–Trinajstić information content (AvgIpc) is 2.52. The van der Waals surface area contributed by atoms with Crippen LogP contribution in [0.25, 0.3) is 0 Å². The van der Waals surface area contributed by atoms with Gasteiger partial charge >= 0.3 is 0 Å². The van der Waals surface area contributed by atoms with Crippen molar-refractivity contribution in [3.8, 4) is 0 Å². The third-order valence-electron chi connectivity index (χ3n) is 4.66. The summed E-state index contributed by atoms with van der Waals surface area (Å²) in [5.41, 5.74) is 15.8. The topological polar surface area (TPSA) is 61.3 Å². The van der Waals surface area contributed by atoms with Crippen LogP contribution in [0, 0.1) is 0 Å². The van der Waals surface area contributed by atoms with Crippen LogP contribution in [0.3, 0.4) is 0 Å². The largest absolute Gasteiger partial charge is 0.399 e. The molecule has 4 N–H and O–H groups in total. The normalized spacial score (nSPS) is 12.3. The van der Waals surface area contributed by atoms with E-state index in [4.69, 9.17) is 16.2 Å². The van der Waals surface area contributed by atoms with E-state index >= 15 is 0 Å². The molecule has 0 fully saturated rings. The van der Waals surface area contributed by atoms with Crippen molar-refractivity contribution < 1.29 is 4.74 Å². The van der Waals surface area contributed by atoms with Crippen molar-refractivity contribution in [2.24, 2.45) is 0 Å². The van der Waals surface area contributed by atoms with E-state index in [1.165, 1.54) is 11.1 Å². The summed E-state index contributed by atoms with van der Waals surface area (Å²) in [6, 6.07) is 16.1. The van der Waals surface area contributed by atoms with Crippen molar-refractivity contribution in [1.29, 1.82) is 0 Å². The van der Waals surface area contributed by atoms with Crippen LogP contribution in [-0.4, -0.2) is 11.2 Å². The molecule has 0 aliphatic heterocycles. The van der Waals surface area contributed by atoms with Crippen LogP contribution in [0.2, 0.25) is 0 Å². The van der Waals surface area contributed by atoms with Gasteiger partial charge in [-0.2, -0.15) is 0 Å². The quantitative estimate of drug-likeness (QED) is 0.665. The lowest BCUT2D eigenvalue weighted by molar-refractivity contribution is -0.128. The van der Waals surface area contributed by atoms with E-state index in [0.717, 1.165) is 37.1 Å². The maximum absolute atomic E-state index is 6.47. The maximum atomic E-state index is 6.47. The molecule has 136 valence electrons. The zero-order valence-corrected chi connectivity index (χ0v) is 16.0. The highest BCUT2D eigenvalue weighted by atomic mass is 16.5. The van der Waals surface area contributed by atoms with Gasteiger partial charge in [-0.15, -0.1) is 0 Å². The van der Waals surface area contributed by atoms with E-state index < -0.39 is 0 Å². The van der Waals surface area contributed by atoms with E-state index in [-0.39, 0.29) is 11.2 Å². The fourth-order valence-corrected chi connectivity index (χ4v) is 3.25. The highest BCUT2D eigenvalue weighted by Gasteiger charge is 2.29. The molecule has 0 amide bonds. The molecule has 2 aromatic rings. The van der Waals surface area contributed by atoms with Crippen molar-refractivity contribution in [3.63, 3.8) is 0 Å². The molecule has 0 atom stereocenters. The van der Waals surface area contributed by atoms with Gasteiger partial charge in [0.05, 0.1) is 11.2 Å². The summed E-state index contributed by atoms with van der Waals surface area (Å²) in [4.78, 5) is 0. The summed E-state index contributed by atoms with van der Waals surface area (Å²) in [6.07, 6.45) is 3.69. The first kappa shape index (κ1) is 19.3. The van der Waals surface area contributed by atoms with Gasteiger partial charge in [0, 0.05) is 11.4 Å². The number of ether oxygens (including phenoxy) is 1. The highest BCUT2D eigenvalue weighted by Crippen LogP contribution is 2.29. The van der Waals surface area contributed by atoms with E-state index in [1.807, 2.05) is 36.4 Å². The molecule has 0 radical (unpaired) electrons. The number of hydrogen-bond donors (Lipinski definition) is 2. The van der Waals surface area contributed by atoms with Gasteiger partial charge in [0.25, 0.3) is 0 Å². The first-order valence-electron chi connectivity index (χ1n) is 9.05. The van der Waals surface area contributed by atoms with Crippen molar-refractivity contribution in [2.75, 3.05) is 11.5 Å². The highest BCUT2D eigenvalue weighted by molar-refractivity contribution is 5.47. The van der Waals surface area contributed by atoms with Crippen LogP contribution in [0.15, 0.2) is 48.5 Å². The summed E-state index contributed by atoms with van der Waals surface area (Å²) in [6.45, 7) is 8.63. The number of nitrogen functional groups attached to an aromatic ring is 2. The molecule has 0 aliphatic rings. The SMILES string of the molecule is CC(C)(CCc1ccccc1N)OC(C)(C)CCc1ccccc1N. The second-order valence-electron chi connectivity index (χ2n) is 8.02. The Hall–Kier alpha value is -2.00. The Bertz CT molecular complexity index is 632. The number of nitrogens with two attached hydrogens (primary N) is 2. The molecule has 25 heavy (non-hydrogen) atoms. The minimum atomic E-state index is -0.214. The summed E-state index contributed by atoms with van der Waals surface area (Å²) in [7, 11) is 0. The Kier molecular flexibility index (Phi) is 6.12. The predicted molar refractivity (Wildman–Crippen MR) is 108 cm³/mol. The van der Waals surface area contributed by atoms with E-state index in [0.29, 0.717) is 0 Å². The lowest BCUT2D eigenvalue weighted by Crippen LogP contribution is -2.37. The number of hydrogen-bond acceptors (Lipinski definition) is 3. The molecule has 0 unspecified atom stereocenters. The Morgan fingerprint density at radius 1 is 0.680 bits per heavy atom. The Balaban J connectivity index is 1.91. The molecular formula is C22H32N2O. The van der Waals surface area contributed by atoms with Gasteiger partial charge in [-0.05, 0) is 76.6 Å². The molecule has 3 heteroatoms. The monoisotopic (exact) mass is 340 g/mol. The molecule has 0 aromatic heterocycles. The third kappa shape index (κ3) is 6.09. The minimum absolute atomic E-state index is 0.214. The van der Waals surface area contributed by atoms with Crippen LogP contribution in [0.5, 0.6) is 0 Å². The van der Waals surface area contributed by atoms with E-state index in [2.05, 4.69) is 39.8 Å². The summed E-state index contributed by atoms with van der Waals surface area (Å²) in [5.74, 6) is 0. The average molecular weight is 341 g/mol. The van der Waals surface area contributed by atoms with Gasteiger partial charge in [0.15, 0.2) is 0 Å². The van der Waals surface area contributed by atoms with Crippen LogP contribution in [0.4, 0.5) is 11.4 Å². The number of anilines is 2. The summed E-state index contributed by atoms with van der Waals surface area (Å²) < 4.78 is 6.47. The number of rotatable bonds is 8. The Morgan fingerprint density at radius 3 is 1.40 bits per heavy atom. The summed E-state index contributed by atoms with van der Waals surface area (Å²) >= 11 is 0. The van der Waals surface area contributed by atoms with Gasteiger partial charge in [-0.1, -0.05) is 36.4 Å². The van der Waals surface area contributed by atoms with Gasteiger partial charge < -0.3 is 16.2 Å². The molecule has 0 spiro atoms. The summed E-state index contributed by atoms with van der Waals surface area (Å²) in [5, 5.41) is 0. The van der Waals surface area contributed by atoms with Gasteiger partial charge in [0.1, 0.15) is 0 Å². The number of para-hydroxylation sites is 2. The Labute approximate surface area is 152 Å². The Morgan fingerprint density at radius 2 is 1.04 bits per heavy atom. The fraction of sp³-hybridized carbons (Fsp3) is 0.455. The molecular weight excluding hydrogens is 308 g/mol. The molecule has 0 heterocycles. The number of aryl methyl sites for hydroxylation is 2. The van der Waals surface area contributed by atoms with Crippen LogP contribution >= 0.6 is 0 Å². The van der Waals surface area contributed by atoms with Crippen molar-refractivity contribution >= 4 is 11.4 Å². The smallest absolute Gasteiger partial charge is 0.0637 e. The minimum Gasteiger partial charge on any atom is -0.399 e. The van der Waals surface area contributed by atoms with Crippen LogP contribution < -0.4 is 11.5 Å². The molecule has 2 aromatic carbocycles. The van der Waals surface area contributed by atoms with Gasteiger partial charge in [-0.25, -0.2) is 0 Å². The van der Waals surface area contributed by atoms with E-state index in [9.17, 15) is 0 Å².